The van der Waals surface area contributed by atoms with E-state index >= 15 is 0 Å². The highest BCUT2D eigenvalue weighted by Gasteiger charge is 2.46. The van der Waals surface area contributed by atoms with Crippen LogP contribution in [0, 0.1) is 0 Å². The van der Waals surface area contributed by atoms with Crippen molar-refractivity contribution in [3.63, 3.8) is 0 Å². The standard InChI is InChI=1S/C33H36O16/c34-13-21-24(36)26(38)28(40)32(48-21)46-18-10-5-4-9-17(18)15-44-31(43)23-19(45-30(42)16-7-2-1-3-8-16)11-6-12-20(23)47-33-29(41)27(39)25(37)22(14-35)49-33/h1-12,21-22,24-29,32-41H,13-15H2/t21-,22-,24-,25-,26+,27+,28-,29-,32-,33-/m1/s1. The summed E-state index contributed by atoms with van der Waals surface area (Å²) in [7, 11) is 0. The number of esters is 2. The zero-order valence-electron chi connectivity index (χ0n) is 25.7. The van der Waals surface area contributed by atoms with Crippen molar-refractivity contribution in [3.8, 4) is 17.2 Å². The van der Waals surface area contributed by atoms with Crippen LogP contribution >= 0.6 is 0 Å². The number of rotatable bonds is 11. The molecule has 0 saturated carbocycles. The number of carbonyl (C=O) groups is 2. The van der Waals surface area contributed by atoms with Crippen LogP contribution in [0.2, 0.25) is 0 Å². The Labute approximate surface area is 278 Å². The van der Waals surface area contributed by atoms with E-state index in [-0.39, 0.29) is 28.4 Å². The van der Waals surface area contributed by atoms with Crippen molar-refractivity contribution in [1.29, 1.82) is 0 Å². The maximum Gasteiger partial charge on any atom is 0.346 e. The Morgan fingerprint density at radius 2 is 1.08 bits per heavy atom. The van der Waals surface area contributed by atoms with Crippen molar-refractivity contribution in [2.24, 2.45) is 0 Å². The molecular weight excluding hydrogens is 652 g/mol. The molecule has 8 N–H and O–H groups in total. The van der Waals surface area contributed by atoms with E-state index in [1.165, 1.54) is 42.5 Å². The molecule has 16 nitrogen and oxygen atoms in total. The van der Waals surface area contributed by atoms with Gasteiger partial charge in [0, 0.05) is 5.56 Å². The highest BCUT2D eigenvalue weighted by molar-refractivity contribution is 5.98. The van der Waals surface area contributed by atoms with Crippen LogP contribution in [-0.4, -0.2) is 127 Å². The third-order valence-corrected chi connectivity index (χ3v) is 7.92. The average Bonchev–Trinajstić information content (AvgIpc) is 3.12. The largest absolute Gasteiger partial charge is 0.462 e. The summed E-state index contributed by atoms with van der Waals surface area (Å²) in [5.74, 6) is -2.52. The van der Waals surface area contributed by atoms with Crippen LogP contribution in [0.25, 0.3) is 0 Å². The van der Waals surface area contributed by atoms with E-state index in [9.17, 15) is 50.4 Å². The molecule has 0 aliphatic carbocycles. The minimum atomic E-state index is -1.83. The molecule has 16 heteroatoms. The highest BCUT2D eigenvalue weighted by atomic mass is 16.7. The van der Waals surface area contributed by atoms with E-state index in [0.717, 1.165) is 0 Å². The number of hydrogen-bond acceptors (Lipinski definition) is 16. The summed E-state index contributed by atoms with van der Waals surface area (Å²) in [5.41, 5.74) is -0.0413. The zero-order chi connectivity index (χ0) is 35.2. The van der Waals surface area contributed by atoms with Crippen molar-refractivity contribution in [3.05, 3.63) is 89.5 Å². The van der Waals surface area contributed by atoms with E-state index in [1.807, 2.05) is 0 Å². The van der Waals surface area contributed by atoms with Crippen LogP contribution in [0.15, 0.2) is 72.8 Å². The number of benzene rings is 3. The van der Waals surface area contributed by atoms with Gasteiger partial charge in [-0.05, 0) is 30.3 Å². The van der Waals surface area contributed by atoms with Crippen molar-refractivity contribution in [2.45, 2.75) is 68.0 Å². The summed E-state index contributed by atoms with van der Waals surface area (Å²) in [6.07, 6.45) is -16.1. The van der Waals surface area contributed by atoms with Crippen molar-refractivity contribution in [2.75, 3.05) is 13.2 Å². The highest BCUT2D eigenvalue weighted by Crippen LogP contribution is 2.34. The summed E-state index contributed by atoms with van der Waals surface area (Å²) in [4.78, 5) is 26.7. The van der Waals surface area contributed by atoms with Crippen LogP contribution in [0.5, 0.6) is 17.2 Å². The Kier molecular flexibility index (Phi) is 11.8. The van der Waals surface area contributed by atoms with Crippen LogP contribution in [0.3, 0.4) is 0 Å². The van der Waals surface area contributed by atoms with Gasteiger partial charge in [-0.15, -0.1) is 0 Å². The second-order valence-corrected chi connectivity index (χ2v) is 11.2. The first-order valence-electron chi connectivity index (χ1n) is 15.1. The second kappa shape index (κ2) is 16.0. The van der Waals surface area contributed by atoms with E-state index in [2.05, 4.69) is 0 Å². The maximum atomic E-state index is 13.7. The van der Waals surface area contributed by atoms with Gasteiger partial charge in [0.1, 0.15) is 78.3 Å². The maximum absolute atomic E-state index is 13.7. The molecule has 5 rings (SSSR count). The lowest BCUT2D eigenvalue weighted by molar-refractivity contribution is -0.277. The van der Waals surface area contributed by atoms with Gasteiger partial charge >= 0.3 is 11.9 Å². The molecule has 0 bridgehead atoms. The van der Waals surface area contributed by atoms with Crippen LogP contribution in [0.4, 0.5) is 0 Å². The van der Waals surface area contributed by atoms with Gasteiger partial charge < -0.3 is 69.3 Å². The molecule has 49 heavy (non-hydrogen) atoms. The molecule has 0 spiro atoms. The Hall–Kier alpha value is -4.20. The molecule has 2 heterocycles. The summed E-state index contributed by atoms with van der Waals surface area (Å²) >= 11 is 0. The van der Waals surface area contributed by atoms with E-state index in [4.69, 9.17) is 28.4 Å². The van der Waals surface area contributed by atoms with Crippen LogP contribution in [0.1, 0.15) is 26.3 Å². The van der Waals surface area contributed by atoms with Gasteiger partial charge in [-0.2, -0.15) is 0 Å². The molecule has 2 fully saturated rings. The Morgan fingerprint density at radius 3 is 1.67 bits per heavy atom. The lowest BCUT2D eigenvalue weighted by Gasteiger charge is -2.39. The van der Waals surface area contributed by atoms with E-state index < -0.39 is 98.7 Å². The van der Waals surface area contributed by atoms with Crippen molar-refractivity contribution in [1.82, 2.24) is 0 Å². The molecule has 2 saturated heterocycles. The normalized spacial score (nSPS) is 29.9. The molecule has 10 atom stereocenters. The first-order chi connectivity index (χ1) is 23.5. The molecule has 2 aliphatic heterocycles. The third-order valence-electron chi connectivity index (χ3n) is 7.92. The van der Waals surface area contributed by atoms with Crippen molar-refractivity contribution >= 4 is 11.9 Å². The molecule has 3 aromatic carbocycles. The molecule has 0 aromatic heterocycles. The van der Waals surface area contributed by atoms with Gasteiger partial charge in [-0.25, -0.2) is 9.59 Å². The predicted octanol–water partition coefficient (Wildman–Crippen LogP) is -1.38. The minimum absolute atomic E-state index is 0.0428. The van der Waals surface area contributed by atoms with Gasteiger partial charge in [0.05, 0.1) is 18.8 Å². The van der Waals surface area contributed by atoms with Gasteiger partial charge in [-0.1, -0.05) is 42.5 Å². The Bertz CT molecular complexity index is 1570. The van der Waals surface area contributed by atoms with Crippen molar-refractivity contribution < 1.29 is 78.9 Å². The minimum Gasteiger partial charge on any atom is -0.462 e. The number of aliphatic hydroxyl groups is 8. The second-order valence-electron chi connectivity index (χ2n) is 11.2. The summed E-state index contributed by atoms with van der Waals surface area (Å²) < 4.78 is 33.4. The molecule has 0 amide bonds. The monoisotopic (exact) mass is 688 g/mol. The fourth-order valence-corrected chi connectivity index (χ4v) is 5.16. The molecule has 3 aromatic rings. The first-order valence-corrected chi connectivity index (χ1v) is 15.1. The molecule has 264 valence electrons. The molecule has 0 unspecified atom stereocenters. The molecule has 0 radical (unpaired) electrons. The van der Waals surface area contributed by atoms with Crippen LogP contribution in [-0.2, 0) is 20.8 Å². The fourth-order valence-electron chi connectivity index (χ4n) is 5.16. The average molecular weight is 689 g/mol. The summed E-state index contributed by atoms with van der Waals surface area (Å²) in [6.45, 7) is -1.89. The lowest BCUT2D eigenvalue weighted by atomic mass is 9.99. The Morgan fingerprint density at radius 1 is 0.571 bits per heavy atom. The lowest BCUT2D eigenvalue weighted by Crippen LogP contribution is -2.60. The fraction of sp³-hybridized carbons (Fsp3) is 0.394. The summed E-state index contributed by atoms with van der Waals surface area (Å²) in [5, 5.41) is 80.7. The number of hydrogen-bond donors (Lipinski definition) is 8. The molecule has 2 aliphatic rings. The number of ether oxygens (including phenoxy) is 6. The van der Waals surface area contributed by atoms with Gasteiger partial charge in [-0.3, -0.25) is 0 Å². The number of para-hydroxylation sites is 1. The zero-order valence-corrected chi connectivity index (χ0v) is 25.7. The van der Waals surface area contributed by atoms with Crippen LogP contribution < -0.4 is 14.2 Å². The Balaban J connectivity index is 1.40. The van der Waals surface area contributed by atoms with Gasteiger partial charge in [0.25, 0.3) is 0 Å². The van der Waals surface area contributed by atoms with E-state index in [0.29, 0.717) is 0 Å². The SMILES string of the molecule is O=C(Oc1cccc(O[C@@H]2O[C@H](CO)[C@@H](O)[C@H](O)[C@H]2O)c1C(=O)OCc1ccccc1O[C@@H]1O[C@H](CO)[C@@H](O)[C@H](O)[C@H]1O)c1ccccc1. The predicted molar refractivity (Wildman–Crippen MR) is 162 cm³/mol. The summed E-state index contributed by atoms with van der Waals surface area (Å²) in [6, 6.07) is 17.9. The molecular formula is C33H36O16. The number of aliphatic hydroxyl groups excluding tert-OH is 8. The first kappa shape index (κ1) is 36.1. The quantitative estimate of drug-likeness (QED) is 0.0854. The van der Waals surface area contributed by atoms with E-state index in [1.54, 1.807) is 30.3 Å². The van der Waals surface area contributed by atoms with Gasteiger partial charge in [0.2, 0.25) is 12.6 Å². The smallest absolute Gasteiger partial charge is 0.346 e. The van der Waals surface area contributed by atoms with Gasteiger partial charge in [0.15, 0.2) is 0 Å². The topological polar surface area (TPSA) is 251 Å². The third kappa shape index (κ3) is 8.00. The number of carbonyl (C=O) groups excluding carboxylic acids is 2.